The molecule has 0 spiro atoms. The van der Waals surface area contributed by atoms with Gasteiger partial charge in [-0.15, -0.1) is 0 Å². The van der Waals surface area contributed by atoms with Crippen LogP contribution in [0.2, 0.25) is 0 Å². The minimum atomic E-state index is -2.25. The number of rotatable bonds is 0. The van der Waals surface area contributed by atoms with E-state index in [1.807, 2.05) is 0 Å². The molecule has 9 heteroatoms. The molecule has 0 saturated carbocycles. The lowest BCUT2D eigenvalue weighted by molar-refractivity contribution is -0.0349. The molecule has 2 heterocycles. The summed E-state index contributed by atoms with van der Waals surface area (Å²) in [6, 6.07) is 0. The number of carbonyl (C=O) groups excluding carboxylic acids is 2. The first-order chi connectivity index (χ1) is 6.99. The van der Waals surface area contributed by atoms with Crippen LogP contribution in [0.4, 0.5) is 22.8 Å². The van der Waals surface area contributed by atoms with Crippen molar-refractivity contribution in [1.29, 1.82) is 0 Å². The molecular weight excluding hydrogens is 225 g/mol. The quantitative estimate of drug-likeness (QED) is 0.582. The van der Waals surface area contributed by atoms with Gasteiger partial charge in [0.25, 0.3) is 6.36 Å². The van der Waals surface area contributed by atoms with E-state index in [4.69, 9.17) is 0 Å². The van der Waals surface area contributed by atoms with E-state index in [0.717, 1.165) is 0 Å². The van der Waals surface area contributed by atoms with E-state index in [1.54, 1.807) is 0 Å². The van der Waals surface area contributed by atoms with Gasteiger partial charge in [-0.1, -0.05) is 0 Å². The van der Waals surface area contributed by atoms with Crippen LogP contribution in [-0.2, 0) is 18.9 Å². The minimum absolute atomic E-state index is 0.265. The Morgan fingerprint density at radius 3 is 1.60 bits per heavy atom. The molecule has 2 saturated heterocycles. The van der Waals surface area contributed by atoms with Gasteiger partial charge in [0.05, 0.1) is 0 Å². The van der Waals surface area contributed by atoms with Crippen molar-refractivity contribution in [2.45, 2.75) is 19.1 Å². The predicted molar refractivity (Wildman–Crippen MR) is 34.7 cm³/mol. The highest BCUT2D eigenvalue weighted by atomic mass is 19.2. The molecule has 0 aromatic heterocycles. The van der Waals surface area contributed by atoms with E-state index in [0.29, 0.717) is 0 Å². The van der Waals surface area contributed by atoms with Crippen molar-refractivity contribution in [2.75, 3.05) is 6.61 Å². The largest absolute Gasteiger partial charge is 0.513 e. The van der Waals surface area contributed by atoms with Crippen LogP contribution >= 0.6 is 0 Å². The van der Waals surface area contributed by atoms with E-state index < -0.39 is 31.4 Å². The van der Waals surface area contributed by atoms with Crippen LogP contribution in [0.5, 0.6) is 0 Å². The first-order valence-electron chi connectivity index (χ1n) is 3.62. The second kappa shape index (κ2) is 4.71. The molecule has 3 atom stereocenters. The summed E-state index contributed by atoms with van der Waals surface area (Å²) in [6.07, 6.45) is -8.27. The molecule has 0 radical (unpaired) electrons. The molecule has 0 bridgehead atoms. The molecule has 0 aromatic carbocycles. The predicted octanol–water partition coefficient (Wildman–Crippen LogP) is 1.19. The topological polar surface area (TPSA) is 71.1 Å². The second-order valence-electron chi connectivity index (χ2n) is 2.28. The second-order valence-corrected chi connectivity index (χ2v) is 2.28. The fourth-order valence-electron chi connectivity index (χ4n) is 0.625. The van der Waals surface area contributed by atoms with Crippen LogP contribution in [0, 0.1) is 0 Å². The van der Waals surface area contributed by atoms with Gasteiger partial charge >= 0.3 is 25.0 Å². The molecule has 6 nitrogen and oxygen atoms in total. The van der Waals surface area contributed by atoms with Crippen molar-refractivity contribution in [1.82, 2.24) is 0 Å². The molecule has 0 N–H and O–H groups in total. The van der Waals surface area contributed by atoms with Crippen LogP contribution in [0.1, 0.15) is 0 Å². The molecule has 1 unspecified atom stereocenters. The zero-order valence-electron chi connectivity index (χ0n) is 7.02. The van der Waals surface area contributed by atoms with E-state index in [9.17, 15) is 22.8 Å². The molecule has 2 rings (SSSR count). The summed E-state index contributed by atoms with van der Waals surface area (Å²) in [5.41, 5.74) is 0. The minimum Gasteiger partial charge on any atom is -0.427 e. The maximum Gasteiger partial charge on any atom is 0.513 e. The van der Waals surface area contributed by atoms with Gasteiger partial charge in [0, 0.05) is 0 Å². The number of carbonyl (C=O) groups is 2. The van der Waals surface area contributed by atoms with Crippen molar-refractivity contribution >= 4 is 12.3 Å². The van der Waals surface area contributed by atoms with Crippen molar-refractivity contribution < 1.29 is 41.7 Å². The van der Waals surface area contributed by atoms with Crippen molar-refractivity contribution in [2.24, 2.45) is 0 Å². The molecular formula is C6H5F3O6. The highest BCUT2D eigenvalue weighted by molar-refractivity contribution is 5.62. The fraction of sp³-hybridized carbons (Fsp3) is 0.667. The third-order valence-corrected chi connectivity index (χ3v) is 1.18. The highest BCUT2D eigenvalue weighted by Crippen LogP contribution is 2.16. The molecule has 0 aromatic rings. The number of halogens is 3. The Morgan fingerprint density at radius 2 is 1.47 bits per heavy atom. The standard InChI is InChI=1S/C3H2F2O3.C3H3FO3/c4-1-2(5)8-3(6)7-1;4-2-1-6-3(5)7-2/h1-2H;2H,1H2/t1-,2-;/m0./s1. The van der Waals surface area contributed by atoms with E-state index in [2.05, 4.69) is 18.9 Å². The lowest BCUT2D eigenvalue weighted by Crippen LogP contribution is -2.09. The van der Waals surface area contributed by atoms with Crippen molar-refractivity contribution in [3.63, 3.8) is 0 Å². The Balaban J connectivity index is 0.000000151. The fourth-order valence-corrected chi connectivity index (χ4v) is 0.625. The summed E-state index contributed by atoms with van der Waals surface area (Å²) >= 11 is 0. The number of cyclic esters (lactones) is 4. The normalized spacial score (nSPS) is 33.1. The summed E-state index contributed by atoms with van der Waals surface area (Å²) < 4.78 is 49.9. The molecule has 15 heavy (non-hydrogen) atoms. The molecule has 2 aliphatic rings. The third kappa shape index (κ3) is 3.52. The SMILES string of the molecule is O=C1OCC(F)O1.O=C1O[C@H](F)[C@@H](F)O1. The van der Waals surface area contributed by atoms with Gasteiger partial charge < -0.3 is 18.9 Å². The van der Waals surface area contributed by atoms with E-state index in [1.165, 1.54) is 0 Å². The van der Waals surface area contributed by atoms with Gasteiger partial charge in [0.2, 0.25) is 0 Å². The molecule has 2 aliphatic heterocycles. The molecule has 2 fully saturated rings. The first kappa shape index (κ1) is 11.4. The Labute approximate surface area is 80.8 Å². The molecule has 0 aliphatic carbocycles. The number of hydrogen-bond acceptors (Lipinski definition) is 6. The summed E-state index contributed by atoms with van der Waals surface area (Å²) in [5, 5.41) is 0. The van der Waals surface area contributed by atoms with Gasteiger partial charge in [-0.3, -0.25) is 0 Å². The lowest BCUT2D eigenvalue weighted by atomic mass is 10.7. The van der Waals surface area contributed by atoms with Crippen molar-refractivity contribution in [3.05, 3.63) is 0 Å². The van der Waals surface area contributed by atoms with E-state index in [-0.39, 0.29) is 6.61 Å². The Morgan fingerprint density at radius 1 is 0.933 bits per heavy atom. The lowest BCUT2D eigenvalue weighted by Gasteiger charge is -1.92. The van der Waals surface area contributed by atoms with Crippen LogP contribution in [0.15, 0.2) is 0 Å². The zero-order valence-corrected chi connectivity index (χ0v) is 7.02. The maximum absolute atomic E-state index is 11.6. The van der Waals surface area contributed by atoms with Crippen LogP contribution in [0.25, 0.3) is 0 Å². The van der Waals surface area contributed by atoms with Crippen molar-refractivity contribution in [3.8, 4) is 0 Å². The highest BCUT2D eigenvalue weighted by Gasteiger charge is 2.36. The summed E-state index contributed by atoms with van der Waals surface area (Å²) in [5.74, 6) is 0. The first-order valence-corrected chi connectivity index (χ1v) is 3.62. The van der Waals surface area contributed by atoms with Gasteiger partial charge in [0.15, 0.2) is 6.61 Å². The van der Waals surface area contributed by atoms with Gasteiger partial charge in [-0.2, -0.15) is 13.2 Å². The van der Waals surface area contributed by atoms with Gasteiger partial charge in [-0.25, -0.2) is 9.59 Å². The number of alkyl halides is 3. The van der Waals surface area contributed by atoms with E-state index >= 15 is 0 Å². The zero-order chi connectivity index (χ0) is 11.4. The smallest absolute Gasteiger partial charge is 0.427 e. The summed E-state index contributed by atoms with van der Waals surface area (Å²) in [7, 11) is 0. The average Bonchev–Trinajstić information content (AvgIpc) is 2.61. The van der Waals surface area contributed by atoms with Gasteiger partial charge in [0.1, 0.15) is 0 Å². The monoisotopic (exact) mass is 230 g/mol. The summed E-state index contributed by atoms with van der Waals surface area (Å²) in [6.45, 7) is -0.265. The van der Waals surface area contributed by atoms with Crippen LogP contribution in [-0.4, -0.2) is 38.0 Å². The van der Waals surface area contributed by atoms with Crippen LogP contribution < -0.4 is 0 Å². The maximum atomic E-state index is 11.6. The average molecular weight is 230 g/mol. The van der Waals surface area contributed by atoms with Crippen LogP contribution in [0.3, 0.4) is 0 Å². The number of ether oxygens (including phenoxy) is 4. The third-order valence-electron chi connectivity index (χ3n) is 1.18. The Bertz CT molecular complexity index is 247. The Kier molecular flexibility index (Phi) is 3.58. The summed E-state index contributed by atoms with van der Waals surface area (Å²) in [4.78, 5) is 19.5. The number of hydrogen-bond donors (Lipinski definition) is 0. The molecule has 86 valence electrons. The van der Waals surface area contributed by atoms with Gasteiger partial charge in [-0.05, 0) is 0 Å². The Hall–Kier alpha value is -1.67. The molecule has 0 amide bonds.